The smallest absolute Gasteiger partial charge is 0.269 e. The number of aromatic nitrogens is 4. The Balaban J connectivity index is 1.55. The van der Waals surface area contributed by atoms with Crippen molar-refractivity contribution in [2.24, 2.45) is 0 Å². The van der Waals surface area contributed by atoms with Gasteiger partial charge in [0, 0.05) is 32.1 Å². The standard InChI is InChI=1S/C14H16ClN5O/c15-10-4-5-11(17-9-10)14(21)16-7-6-13-19-18-12-3-1-2-8-20(12)13/h4-5,9H,1-3,6-8H2,(H,16,21). The lowest BCUT2D eigenvalue weighted by Gasteiger charge is -2.14. The number of carbonyl (C=O) groups excluding carboxylic acids is 1. The van der Waals surface area contributed by atoms with Crippen molar-refractivity contribution in [1.82, 2.24) is 25.1 Å². The second kappa shape index (κ2) is 6.22. The summed E-state index contributed by atoms with van der Waals surface area (Å²) >= 11 is 5.74. The molecule has 7 heteroatoms. The number of nitrogens with zero attached hydrogens (tertiary/aromatic N) is 4. The number of rotatable bonds is 4. The lowest BCUT2D eigenvalue weighted by Crippen LogP contribution is -2.27. The molecule has 0 spiro atoms. The van der Waals surface area contributed by atoms with Crippen LogP contribution in [0.4, 0.5) is 0 Å². The maximum Gasteiger partial charge on any atom is 0.269 e. The minimum Gasteiger partial charge on any atom is -0.350 e. The molecule has 1 aliphatic rings. The van der Waals surface area contributed by atoms with Crippen molar-refractivity contribution in [3.8, 4) is 0 Å². The Hall–Kier alpha value is -1.95. The topological polar surface area (TPSA) is 72.7 Å². The molecule has 0 radical (unpaired) electrons. The highest BCUT2D eigenvalue weighted by molar-refractivity contribution is 6.30. The molecule has 0 saturated heterocycles. The van der Waals surface area contributed by atoms with Gasteiger partial charge in [0.25, 0.3) is 5.91 Å². The van der Waals surface area contributed by atoms with Crippen LogP contribution in [0.2, 0.25) is 5.02 Å². The van der Waals surface area contributed by atoms with Crippen molar-refractivity contribution in [3.63, 3.8) is 0 Å². The van der Waals surface area contributed by atoms with E-state index in [1.54, 1.807) is 12.1 Å². The minimum atomic E-state index is -0.204. The Kier molecular flexibility index (Phi) is 4.15. The van der Waals surface area contributed by atoms with Crippen LogP contribution in [-0.2, 0) is 19.4 Å². The van der Waals surface area contributed by atoms with Crippen molar-refractivity contribution >= 4 is 17.5 Å². The van der Waals surface area contributed by atoms with E-state index in [4.69, 9.17) is 11.6 Å². The van der Waals surface area contributed by atoms with Crippen LogP contribution in [0.15, 0.2) is 18.3 Å². The third-order valence-electron chi connectivity index (χ3n) is 3.53. The molecule has 0 aliphatic carbocycles. The number of halogens is 1. The summed E-state index contributed by atoms with van der Waals surface area (Å²) in [5.41, 5.74) is 0.364. The molecule has 0 saturated carbocycles. The average Bonchev–Trinajstić information content (AvgIpc) is 2.91. The molecule has 110 valence electrons. The molecule has 0 atom stereocenters. The summed E-state index contributed by atoms with van der Waals surface area (Å²) in [6, 6.07) is 3.26. The first kappa shape index (κ1) is 14.0. The average molecular weight is 306 g/mol. The maximum absolute atomic E-state index is 11.9. The number of pyridine rings is 1. The molecule has 2 aromatic heterocycles. The SMILES string of the molecule is O=C(NCCc1nnc2n1CCCC2)c1ccc(Cl)cn1. The number of carbonyl (C=O) groups is 1. The molecule has 1 N–H and O–H groups in total. The molecule has 0 bridgehead atoms. The second-order valence-corrected chi connectivity index (χ2v) is 5.45. The fraction of sp³-hybridized carbons (Fsp3) is 0.429. The predicted molar refractivity (Wildman–Crippen MR) is 78.2 cm³/mol. The summed E-state index contributed by atoms with van der Waals surface area (Å²) < 4.78 is 2.16. The fourth-order valence-electron chi connectivity index (χ4n) is 2.44. The van der Waals surface area contributed by atoms with Crippen molar-refractivity contribution in [2.45, 2.75) is 32.2 Å². The molecule has 0 aromatic carbocycles. The van der Waals surface area contributed by atoms with Crippen LogP contribution >= 0.6 is 11.6 Å². The van der Waals surface area contributed by atoms with Gasteiger partial charge in [-0.3, -0.25) is 4.79 Å². The Bertz CT molecular complexity index is 637. The van der Waals surface area contributed by atoms with Crippen LogP contribution in [0.5, 0.6) is 0 Å². The van der Waals surface area contributed by atoms with E-state index in [0.29, 0.717) is 23.7 Å². The first-order chi connectivity index (χ1) is 10.2. The molecule has 2 aromatic rings. The quantitative estimate of drug-likeness (QED) is 0.932. The normalized spacial score (nSPS) is 13.8. The van der Waals surface area contributed by atoms with Gasteiger partial charge in [-0.1, -0.05) is 11.6 Å². The summed E-state index contributed by atoms with van der Waals surface area (Å²) in [5.74, 6) is 1.79. The number of nitrogens with one attached hydrogen (secondary N) is 1. The molecule has 6 nitrogen and oxygen atoms in total. The zero-order valence-electron chi connectivity index (χ0n) is 11.5. The van der Waals surface area contributed by atoms with Gasteiger partial charge in [-0.15, -0.1) is 10.2 Å². The van der Waals surface area contributed by atoms with Gasteiger partial charge in [0.1, 0.15) is 17.3 Å². The van der Waals surface area contributed by atoms with E-state index in [1.165, 1.54) is 19.0 Å². The van der Waals surface area contributed by atoms with Gasteiger partial charge in [-0.25, -0.2) is 4.98 Å². The van der Waals surface area contributed by atoms with Crippen LogP contribution < -0.4 is 5.32 Å². The lowest BCUT2D eigenvalue weighted by molar-refractivity contribution is 0.0949. The molecule has 1 aliphatic heterocycles. The number of aryl methyl sites for hydroxylation is 1. The number of hydrogen-bond acceptors (Lipinski definition) is 4. The monoisotopic (exact) mass is 305 g/mol. The van der Waals surface area contributed by atoms with E-state index < -0.39 is 0 Å². The first-order valence-electron chi connectivity index (χ1n) is 7.05. The van der Waals surface area contributed by atoms with Gasteiger partial charge in [0.2, 0.25) is 0 Å². The van der Waals surface area contributed by atoms with Gasteiger partial charge < -0.3 is 9.88 Å². The summed E-state index contributed by atoms with van der Waals surface area (Å²) in [6.07, 6.45) is 5.47. The van der Waals surface area contributed by atoms with Crippen molar-refractivity contribution < 1.29 is 4.79 Å². The highest BCUT2D eigenvalue weighted by Gasteiger charge is 2.15. The molecule has 3 heterocycles. The van der Waals surface area contributed by atoms with Gasteiger partial charge >= 0.3 is 0 Å². The number of hydrogen-bond donors (Lipinski definition) is 1. The maximum atomic E-state index is 11.9. The van der Waals surface area contributed by atoms with Crippen LogP contribution in [0.3, 0.4) is 0 Å². The van der Waals surface area contributed by atoms with Crippen LogP contribution in [0, 0.1) is 0 Å². The predicted octanol–water partition coefficient (Wildman–Crippen LogP) is 1.64. The zero-order chi connectivity index (χ0) is 14.7. The Morgan fingerprint density at radius 2 is 2.24 bits per heavy atom. The van der Waals surface area contributed by atoms with Crippen molar-refractivity contribution in [3.05, 3.63) is 40.7 Å². The molecule has 3 rings (SSSR count). The first-order valence-corrected chi connectivity index (χ1v) is 7.42. The minimum absolute atomic E-state index is 0.204. The second-order valence-electron chi connectivity index (χ2n) is 5.01. The van der Waals surface area contributed by atoms with Gasteiger partial charge in [-0.05, 0) is 25.0 Å². The van der Waals surface area contributed by atoms with E-state index >= 15 is 0 Å². The van der Waals surface area contributed by atoms with Gasteiger partial charge in [0.05, 0.1) is 5.02 Å². The van der Waals surface area contributed by atoms with Crippen molar-refractivity contribution in [2.75, 3.05) is 6.54 Å². The summed E-state index contributed by atoms with van der Waals surface area (Å²) in [6.45, 7) is 1.49. The Morgan fingerprint density at radius 1 is 1.33 bits per heavy atom. The molecule has 0 fully saturated rings. The third-order valence-corrected chi connectivity index (χ3v) is 3.75. The fourth-order valence-corrected chi connectivity index (χ4v) is 2.55. The highest BCUT2D eigenvalue weighted by Crippen LogP contribution is 2.14. The molecule has 1 amide bonds. The molecule has 21 heavy (non-hydrogen) atoms. The zero-order valence-corrected chi connectivity index (χ0v) is 12.3. The molecular weight excluding hydrogens is 290 g/mol. The summed E-state index contributed by atoms with van der Waals surface area (Å²) in [7, 11) is 0. The summed E-state index contributed by atoms with van der Waals surface area (Å²) in [4.78, 5) is 15.9. The van der Waals surface area contributed by atoms with Crippen LogP contribution in [0.1, 0.15) is 35.0 Å². The molecule has 0 unspecified atom stereocenters. The van der Waals surface area contributed by atoms with Crippen LogP contribution in [-0.4, -0.2) is 32.2 Å². The largest absolute Gasteiger partial charge is 0.350 e. The van der Waals surface area contributed by atoms with Crippen molar-refractivity contribution in [1.29, 1.82) is 0 Å². The van der Waals surface area contributed by atoms with Gasteiger partial charge in [0.15, 0.2) is 0 Å². The van der Waals surface area contributed by atoms with Crippen LogP contribution in [0.25, 0.3) is 0 Å². The Labute approximate surface area is 127 Å². The van der Waals surface area contributed by atoms with E-state index in [-0.39, 0.29) is 5.91 Å². The van der Waals surface area contributed by atoms with Gasteiger partial charge in [-0.2, -0.15) is 0 Å². The van der Waals surface area contributed by atoms with E-state index in [0.717, 1.165) is 24.6 Å². The number of amides is 1. The number of fused-ring (bicyclic) bond motifs is 1. The lowest BCUT2D eigenvalue weighted by atomic mass is 10.1. The highest BCUT2D eigenvalue weighted by atomic mass is 35.5. The molecular formula is C14H16ClN5O. The third kappa shape index (κ3) is 3.21. The van der Waals surface area contributed by atoms with E-state index in [2.05, 4.69) is 25.1 Å². The Morgan fingerprint density at radius 3 is 3.05 bits per heavy atom. The summed E-state index contributed by atoms with van der Waals surface area (Å²) in [5, 5.41) is 11.8. The van der Waals surface area contributed by atoms with E-state index in [1.807, 2.05) is 0 Å². The van der Waals surface area contributed by atoms with E-state index in [9.17, 15) is 4.79 Å².